The molecule has 1 aliphatic carbocycles. The van der Waals surface area contributed by atoms with E-state index in [9.17, 15) is 4.79 Å². The van der Waals surface area contributed by atoms with E-state index in [1.165, 1.54) is 4.80 Å². The zero-order valence-electron chi connectivity index (χ0n) is 18.0. The minimum Gasteiger partial charge on any atom is -0.352 e. The maximum absolute atomic E-state index is 13.3. The summed E-state index contributed by atoms with van der Waals surface area (Å²) in [4.78, 5) is 30.0. The van der Waals surface area contributed by atoms with E-state index >= 15 is 0 Å². The summed E-state index contributed by atoms with van der Waals surface area (Å²) in [5.74, 6) is 0.388. The molecule has 3 aromatic rings. The molecule has 0 aliphatic heterocycles. The lowest BCUT2D eigenvalue weighted by atomic mass is 10.0. The highest BCUT2D eigenvalue weighted by molar-refractivity contribution is 5.95. The van der Waals surface area contributed by atoms with Gasteiger partial charge in [0.1, 0.15) is 5.69 Å². The van der Waals surface area contributed by atoms with Crippen LogP contribution in [0.4, 0.5) is 5.95 Å². The SMILES string of the molecule is CCC(CNc1ncc2c(n1)C=CCC2)N(C)C(=O)c1nc(C)ccc1-n1nccn1. The second-order valence-electron chi connectivity index (χ2n) is 7.54. The number of likely N-dealkylation sites (N-methyl/N-ethyl adjacent to an activating group) is 1. The molecule has 3 aromatic heterocycles. The van der Waals surface area contributed by atoms with Gasteiger partial charge in [-0.1, -0.05) is 13.0 Å². The molecule has 0 bridgehead atoms. The van der Waals surface area contributed by atoms with Crippen LogP contribution >= 0.6 is 0 Å². The van der Waals surface area contributed by atoms with Crippen molar-refractivity contribution in [2.45, 2.75) is 39.2 Å². The number of aromatic nitrogens is 6. The first-order valence-electron chi connectivity index (χ1n) is 10.4. The first-order valence-corrected chi connectivity index (χ1v) is 10.4. The lowest BCUT2D eigenvalue weighted by Crippen LogP contribution is -2.42. The van der Waals surface area contributed by atoms with Crippen LogP contribution in [-0.2, 0) is 6.42 Å². The van der Waals surface area contributed by atoms with Crippen LogP contribution in [0.5, 0.6) is 0 Å². The van der Waals surface area contributed by atoms with Gasteiger partial charge < -0.3 is 10.2 Å². The molecular formula is C22H26N8O. The van der Waals surface area contributed by atoms with Crippen molar-refractivity contribution in [1.82, 2.24) is 34.8 Å². The van der Waals surface area contributed by atoms with E-state index in [0.717, 1.165) is 36.2 Å². The standard InChI is InChI=1S/C22H26N8O/c1-4-17(14-24-22-23-13-16-7-5-6-8-18(16)28-22)29(3)21(31)20-19(10-9-15(2)27-20)30-25-11-12-26-30/h6,8-13,17H,4-5,7,14H2,1-3H3,(H,23,24,28). The summed E-state index contributed by atoms with van der Waals surface area (Å²) in [6, 6.07) is 3.59. The van der Waals surface area contributed by atoms with E-state index in [-0.39, 0.29) is 11.9 Å². The summed E-state index contributed by atoms with van der Waals surface area (Å²) >= 11 is 0. The van der Waals surface area contributed by atoms with Crippen LogP contribution in [0.15, 0.2) is 36.8 Å². The Kier molecular flexibility index (Phi) is 6.01. The first kappa shape index (κ1) is 20.6. The number of allylic oxidation sites excluding steroid dienone is 1. The van der Waals surface area contributed by atoms with Crippen LogP contribution < -0.4 is 5.32 Å². The summed E-state index contributed by atoms with van der Waals surface area (Å²) in [5.41, 5.74) is 3.76. The van der Waals surface area contributed by atoms with Gasteiger partial charge in [-0.15, -0.1) is 4.80 Å². The fraction of sp³-hybridized carbons (Fsp3) is 0.364. The zero-order chi connectivity index (χ0) is 21.8. The van der Waals surface area contributed by atoms with Crippen LogP contribution in [0.3, 0.4) is 0 Å². The van der Waals surface area contributed by atoms with Gasteiger partial charge in [-0.25, -0.2) is 15.0 Å². The highest BCUT2D eigenvalue weighted by Gasteiger charge is 2.25. The van der Waals surface area contributed by atoms with E-state index < -0.39 is 0 Å². The van der Waals surface area contributed by atoms with Crippen molar-refractivity contribution in [2.75, 3.05) is 18.9 Å². The molecule has 1 unspecified atom stereocenters. The maximum atomic E-state index is 13.3. The summed E-state index contributed by atoms with van der Waals surface area (Å²) in [5, 5.41) is 11.6. The Labute approximate surface area is 181 Å². The van der Waals surface area contributed by atoms with Gasteiger partial charge in [0.2, 0.25) is 5.95 Å². The minimum absolute atomic E-state index is 0.0663. The fourth-order valence-electron chi connectivity index (χ4n) is 3.58. The van der Waals surface area contributed by atoms with E-state index in [1.54, 1.807) is 24.3 Å². The Bertz CT molecular complexity index is 1090. The Morgan fingerprint density at radius 1 is 1.26 bits per heavy atom. The third kappa shape index (κ3) is 4.45. The van der Waals surface area contributed by atoms with Crippen molar-refractivity contribution in [1.29, 1.82) is 0 Å². The molecule has 0 spiro atoms. The summed E-state index contributed by atoms with van der Waals surface area (Å²) in [6.45, 7) is 4.44. The molecule has 0 aromatic carbocycles. The lowest BCUT2D eigenvalue weighted by molar-refractivity contribution is 0.0729. The average Bonchev–Trinajstić information content (AvgIpc) is 3.33. The Hall–Kier alpha value is -3.62. The number of hydrogen-bond donors (Lipinski definition) is 1. The van der Waals surface area contributed by atoms with Crippen LogP contribution in [0.2, 0.25) is 0 Å². The van der Waals surface area contributed by atoms with Crippen molar-refractivity contribution < 1.29 is 4.79 Å². The number of hydrogen-bond acceptors (Lipinski definition) is 7. The Balaban J connectivity index is 1.50. The van der Waals surface area contributed by atoms with Gasteiger partial charge in [0.25, 0.3) is 5.91 Å². The molecule has 0 fully saturated rings. The normalized spacial score (nSPS) is 13.5. The predicted molar refractivity (Wildman–Crippen MR) is 118 cm³/mol. The third-order valence-electron chi connectivity index (χ3n) is 5.44. The van der Waals surface area contributed by atoms with Gasteiger partial charge in [-0.05, 0) is 50.0 Å². The van der Waals surface area contributed by atoms with Gasteiger partial charge in [0.05, 0.1) is 18.1 Å². The molecule has 3 heterocycles. The number of anilines is 1. The monoisotopic (exact) mass is 418 g/mol. The molecule has 4 rings (SSSR count). The smallest absolute Gasteiger partial charge is 0.274 e. The molecule has 1 atom stereocenters. The summed E-state index contributed by atoms with van der Waals surface area (Å²) < 4.78 is 0. The molecule has 31 heavy (non-hydrogen) atoms. The molecule has 160 valence electrons. The molecule has 0 saturated heterocycles. The second-order valence-corrected chi connectivity index (χ2v) is 7.54. The van der Waals surface area contributed by atoms with Gasteiger partial charge in [-0.3, -0.25) is 4.79 Å². The van der Waals surface area contributed by atoms with Crippen molar-refractivity contribution in [3.63, 3.8) is 0 Å². The molecule has 1 amide bonds. The van der Waals surface area contributed by atoms with Crippen molar-refractivity contribution >= 4 is 17.9 Å². The zero-order valence-corrected chi connectivity index (χ0v) is 18.0. The highest BCUT2D eigenvalue weighted by atomic mass is 16.2. The number of fused-ring (bicyclic) bond motifs is 1. The molecule has 1 N–H and O–H groups in total. The number of carbonyl (C=O) groups is 1. The molecular weight excluding hydrogens is 392 g/mol. The topological polar surface area (TPSA) is 102 Å². The molecule has 0 saturated carbocycles. The first-order chi connectivity index (χ1) is 15.1. The van der Waals surface area contributed by atoms with Crippen LogP contribution in [0.1, 0.15) is 47.2 Å². The van der Waals surface area contributed by atoms with Crippen molar-refractivity contribution in [3.8, 4) is 5.69 Å². The summed E-state index contributed by atoms with van der Waals surface area (Å²) in [7, 11) is 1.79. The van der Waals surface area contributed by atoms with Gasteiger partial charge in [-0.2, -0.15) is 10.2 Å². The van der Waals surface area contributed by atoms with Crippen LogP contribution in [0.25, 0.3) is 11.8 Å². The van der Waals surface area contributed by atoms with Crippen molar-refractivity contribution in [3.05, 3.63) is 59.4 Å². The highest BCUT2D eigenvalue weighted by Crippen LogP contribution is 2.19. The van der Waals surface area contributed by atoms with E-state index in [0.29, 0.717) is 23.9 Å². The number of carbonyl (C=O) groups excluding carboxylic acids is 1. The van der Waals surface area contributed by atoms with Gasteiger partial charge >= 0.3 is 0 Å². The van der Waals surface area contributed by atoms with Crippen LogP contribution in [-0.4, -0.2) is 60.4 Å². The number of aryl methyl sites for hydroxylation is 2. The largest absolute Gasteiger partial charge is 0.352 e. The fourth-order valence-corrected chi connectivity index (χ4v) is 3.58. The maximum Gasteiger partial charge on any atom is 0.274 e. The van der Waals surface area contributed by atoms with Gasteiger partial charge in [0.15, 0.2) is 5.69 Å². The van der Waals surface area contributed by atoms with E-state index in [1.807, 2.05) is 38.3 Å². The quantitative estimate of drug-likeness (QED) is 0.629. The number of pyridine rings is 1. The average molecular weight is 419 g/mol. The lowest BCUT2D eigenvalue weighted by Gasteiger charge is -2.28. The second kappa shape index (κ2) is 9.03. The number of nitrogens with zero attached hydrogens (tertiary/aromatic N) is 7. The predicted octanol–water partition coefficient (Wildman–Crippen LogP) is 2.68. The van der Waals surface area contributed by atoms with E-state index in [4.69, 9.17) is 0 Å². The number of nitrogens with one attached hydrogen (secondary N) is 1. The number of rotatable bonds is 7. The third-order valence-corrected chi connectivity index (χ3v) is 5.44. The van der Waals surface area contributed by atoms with Gasteiger partial charge in [0, 0.05) is 31.5 Å². The van der Waals surface area contributed by atoms with Crippen molar-refractivity contribution in [2.24, 2.45) is 0 Å². The van der Waals surface area contributed by atoms with E-state index in [2.05, 4.69) is 36.5 Å². The molecule has 0 radical (unpaired) electrons. The molecule has 1 aliphatic rings. The van der Waals surface area contributed by atoms with Crippen LogP contribution in [0, 0.1) is 6.92 Å². The Morgan fingerprint density at radius 2 is 2.06 bits per heavy atom. The Morgan fingerprint density at radius 3 is 2.84 bits per heavy atom. The minimum atomic E-state index is -0.182. The summed E-state index contributed by atoms with van der Waals surface area (Å²) in [6.07, 6.45) is 11.9. The molecule has 9 heteroatoms. The molecule has 9 nitrogen and oxygen atoms in total. The number of amides is 1.